The molecule has 0 aliphatic heterocycles. The Hall–Kier alpha value is -2.63. The molecule has 6 nitrogen and oxygen atoms in total. The van der Waals surface area contributed by atoms with Crippen molar-refractivity contribution < 1.29 is 14.7 Å². The molecule has 0 radical (unpaired) electrons. The fourth-order valence-electron chi connectivity index (χ4n) is 2.64. The Balaban J connectivity index is 2.02. The topological polar surface area (TPSA) is 84.2 Å². The first-order valence-electron chi connectivity index (χ1n) is 8.12. The number of amides is 1. The molecule has 6 heteroatoms. The van der Waals surface area contributed by atoms with Gasteiger partial charge in [-0.3, -0.25) is 9.48 Å². The van der Waals surface area contributed by atoms with E-state index in [1.54, 1.807) is 18.2 Å². The monoisotopic (exact) mass is 329 g/mol. The molecule has 0 unspecified atom stereocenters. The van der Waals surface area contributed by atoms with Crippen molar-refractivity contribution in [2.24, 2.45) is 0 Å². The van der Waals surface area contributed by atoms with Crippen LogP contribution in [0.3, 0.4) is 0 Å². The number of aromatic carboxylic acids is 1. The number of benzene rings is 1. The third-order valence-electron chi connectivity index (χ3n) is 4.10. The molecule has 2 N–H and O–H groups in total. The minimum Gasteiger partial charge on any atom is -0.478 e. The maximum Gasteiger partial charge on any atom is 0.335 e. The van der Waals surface area contributed by atoms with Crippen LogP contribution >= 0.6 is 0 Å². The summed E-state index contributed by atoms with van der Waals surface area (Å²) in [4.78, 5) is 23.1. The average Bonchev–Trinajstić information content (AvgIpc) is 2.96. The van der Waals surface area contributed by atoms with E-state index < -0.39 is 5.97 Å². The molecule has 0 saturated carbocycles. The number of carboxylic acid groups (broad SMARTS) is 1. The highest BCUT2D eigenvalue weighted by Crippen LogP contribution is 2.18. The highest BCUT2D eigenvalue weighted by atomic mass is 16.4. The van der Waals surface area contributed by atoms with E-state index in [1.165, 1.54) is 12.1 Å². The average molecular weight is 329 g/mol. The Morgan fingerprint density at radius 3 is 2.38 bits per heavy atom. The summed E-state index contributed by atoms with van der Waals surface area (Å²) < 4.78 is 1.91. The highest BCUT2D eigenvalue weighted by Gasteiger charge is 2.16. The molecular weight excluding hydrogens is 306 g/mol. The molecule has 2 aromatic rings. The van der Waals surface area contributed by atoms with Crippen LogP contribution in [0, 0.1) is 6.92 Å². The Bertz CT molecular complexity index is 716. The number of rotatable bonds is 7. The van der Waals surface area contributed by atoms with Gasteiger partial charge >= 0.3 is 5.97 Å². The lowest BCUT2D eigenvalue weighted by Gasteiger charge is -2.14. The molecule has 1 aromatic carbocycles. The zero-order valence-electron chi connectivity index (χ0n) is 14.2. The summed E-state index contributed by atoms with van der Waals surface area (Å²) in [6.07, 6.45) is 1.94. The number of carbonyl (C=O) groups is 2. The first-order valence-corrected chi connectivity index (χ1v) is 8.12. The number of carboxylic acids is 1. The van der Waals surface area contributed by atoms with E-state index in [4.69, 9.17) is 5.11 Å². The van der Waals surface area contributed by atoms with Crippen molar-refractivity contribution in [3.05, 3.63) is 52.8 Å². The lowest BCUT2D eigenvalue weighted by Crippen LogP contribution is -2.23. The highest BCUT2D eigenvalue weighted by molar-refractivity contribution is 5.92. The summed E-state index contributed by atoms with van der Waals surface area (Å²) in [6, 6.07) is 8.53. The second kappa shape index (κ2) is 7.77. The number of aryl methyl sites for hydroxylation is 1. The maximum absolute atomic E-state index is 12.3. The summed E-state index contributed by atoms with van der Waals surface area (Å²) in [5, 5.41) is 16.1. The van der Waals surface area contributed by atoms with Crippen LogP contribution in [-0.2, 0) is 6.54 Å². The normalized spacial score (nSPS) is 10.8. The lowest BCUT2D eigenvalue weighted by molar-refractivity contribution is 0.0696. The van der Waals surface area contributed by atoms with Gasteiger partial charge in [-0.1, -0.05) is 26.0 Å². The third-order valence-corrected chi connectivity index (χ3v) is 4.10. The predicted molar refractivity (Wildman–Crippen MR) is 91.2 cm³/mol. The number of carbonyl (C=O) groups excluding carboxylic acids is 1. The molecule has 0 aliphatic rings. The molecule has 0 fully saturated rings. The van der Waals surface area contributed by atoms with Crippen molar-refractivity contribution in [2.75, 3.05) is 0 Å². The van der Waals surface area contributed by atoms with Gasteiger partial charge in [-0.15, -0.1) is 0 Å². The largest absolute Gasteiger partial charge is 0.478 e. The van der Waals surface area contributed by atoms with Gasteiger partial charge in [0.15, 0.2) is 0 Å². The maximum atomic E-state index is 12.3. The summed E-state index contributed by atoms with van der Waals surface area (Å²) in [5.74, 6) is -1.20. The standard InChI is InChI=1S/C18H23N3O3/c1-4-15(5-2)21-12(3)10-16(20-21)17(22)19-11-13-6-8-14(9-7-13)18(23)24/h6-10,15H,4-5,11H2,1-3H3,(H,19,22)(H,23,24). The van der Waals surface area contributed by atoms with E-state index in [-0.39, 0.29) is 11.5 Å². The van der Waals surface area contributed by atoms with E-state index in [0.29, 0.717) is 18.3 Å². The molecule has 2 rings (SSSR count). The molecule has 1 amide bonds. The van der Waals surface area contributed by atoms with Gasteiger partial charge in [-0.05, 0) is 43.5 Å². The number of hydrogen-bond donors (Lipinski definition) is 2. The molecule has 1 heterocycles. The fourth-order valence-corrected chi connectivity index (χ4v) is 2.64. The zero-order valence-corrected chi connectivity index (χ0v) is 14.2. The molecular formula is C18H23N3O3. The van der Waals surface area contributed by atoms with E-state index in [1.807, 2.05) is 11.6 Å². The number of aromatic nitrogens is 2. The Morgan fingerprint density at radius 1 is 1.21 bits per heavy atom. The second-order valence-corrected chi connectivity index (χ2v) is 5.77. The molecule has 1 aromatic heterocycles. The predicted octanol–water partition coefficient (Wildman–Crippen LogP) is 3.18. The van der Waals surface area contributed by atoms with Crippen molar-refractivity contribution >= 4 is 11.9 Å². The number of nitrogens with zero attached hydrogens (tertiary/aromatic N) is 2. The van der Waals surface area contributed by atoms with Crippen LogP contribution < -0.4 is 5.32 Å². The van der Waals surface area contributed by atoms with Gasteiger partial charge in [-0.2, -0.15) is 5.10 Å². The summed E-state index contributed by atoms with van der Waals surface area (Å²) in [5.41, 5.74) is 2.44. The van der Waals surface area contributed by atoms with Crippen molar-refractivity contribution in [3.63, 3.8) is 0 Å². The van der Waals surface area contributed by atoms with Gasteiger partial charge < -0.3 is 10.4 Å². The van der Waals surface area contributed by atoms with Crippen LogP contribution in [-0.4, -0.2) is 26.8 Å². The molecule has 0 bridgehead atoms. The van der Waals surface area contributed by atoms with Crippen molar-refractivity contribution in [1.82, 2.24) is 15.1 Å². The summed E-state index contributed by atoms with van der Waals surface area (Å²) in [7, 11) is 0. The number of nitrogens with one attached hydrogen (secondary N) is 1. The molecule has 0 spiro atoms. The molecule has 0 aliphatic carbocycles. The van der Waals surface area contributed by atoms with Gasteiger partial charge in [0.1, 0.15) is 5.69 Å². The molecule has 128 valence electrons. The Labute approximate surface area is 141 Å². The fraction of sp³-hybridized carbons (Fsp3) is 0.389. The first-order chi connectivity index (χ1) is 11.5. The van der Waals surface area contributed by atoms with Gasteiger partial charge in [-0.25, -0.2) is 4.79 Å². The van der Waals surface area contributed by atoms with Gasteiger partial charge in [0.25, 0.3) is 5.91 Å². The molecule has 24 heavy (non-hydrogen) atoms. The van der Waals surface area contributed by atoms with Crippen LogP contribution in [0.5, 0.6) is 0 Å². The zero-order chi connectivity index (χ0) is 17.7. The number of hydrogen-bond acceptors (Lipinski definition) is 3. The smallest absolute Gasteiger partial charge is 0.335 e. The van der Waals surface area contributed by atoms with Crippen LogP contribution in [0.1, 0.15) is 64.8 Å². The minimum atomic E-state index is -0.965. The lowest BCUT2D eigenvalue weighted by atomic mass is 10.1. The quantitative estimate of drug-likeness (QED) is 0.817. The van der Waals surface area contributed by atoms with Crippen molar-refractivity contribution in [2.45, 2.75) is 46.2 Å². The second-order valence-electron chi connectivity index (χ2n) is 5.77. The third kappa shape index (κ3) is 4.01. The minimum absolute atomic E-state index is 0.226. The molecule has 0 atom stereocenters. The van der Waals surface area contributed by atoms with Gasteiger partial charge in [0.05, 0.1) is 11.6 Å². The summed E-state index contributed by atoms with van der Waals surface area (Å²) >= 11 is 0. The first kappa shape index (κ1) is 17.7. The van der Waals surface area contributed by atoms with E-state index in [0.717, 1.165) is 24.1 Å². The van der Waals surface area contributed by atoms with Gasteiger partial charge in [0.2, 0.25) is 0 Å². The summed E-state index contributed by atoms with van der Waals surface area (Å²) in [6.45, 7) is 6.49. The van der Waals surface area contributed by atoms with Crippen molar-refractivity contribution in [3.8, 4) is 0 Å². The van der Waals surface area contributed by atoms with E-state index >= 15 is 0 Å². The Kier molecular flexibility index (Phi) is 5.73. The van der Waals surface area contributed by atoms with Crippen molar-refractivity contribution in [1.29, 1.82) is 0 Å². The SMILES string of the molecule is CCC(CC)n1nc(C(=O)NCc2ccc(C(=O)O)cc2)cc1C. The van der Waals surface area contributed by atoms with Crippen LogP contribution in [0.2, 0.25) is 0 Å². The van der Waals surface area contributed by atoms with Crippen LogP contribution in [0.15, 0.2) is 30.3 Å². The van der Waals surface area contributed by atoms with Crippen LogP contribution in [0.4, 0.5) is 0 Å². The molecule has 0 saturated heterocycles. The van der Waals surface area contributed by atoms with Gasteiger partial charge in [0, 0.05) is 12.2 Å². The van der Waals surface area contributed by atoms with E-state index in [9.17, 15) is 9.59 Å². The van der Waals surface area contributed by atoms with Crippen LogP contribution in [0.25, 0.3) is 0 Å². The Morgan fingerprint density at radius 2 is 1.83 bits per heavy atom. The van der Waals surface area contributed by atoms with E-state index in [2.05, 4.69) is 24.3 Å².